The molecule has 76 valence electrons. The molecular weight excluding hydrogens is 168 g/mol. The van der Waals surface area contributed by atoms with Crippen LogP contribution in [-0.2, 0) is 14.2 Å². The number of hydrogen-bond donors (Lipinski definition) is 0. The van der Waals surface area contributed by atoms with Gasteiger partial charge in [0.05, 0.1) is 12.7 Å². The van der Waals surface area contributed by atoms with E-state index < -0.39 is 0 Å². The van der Waals surface area contributed by atoms with Crippen LogP contribution in [0.15, 0.2) is 11.8 Å². The first-order valence-electron chi connectivity index (χ1n) is 4.87. The first-order chi connectivity index (χ1) is 6.27. The van der Waals surface area contributed by atoms with Crippen molar-refractivity contribution in [3.8, 4) is 0 Å². The highest BCUT2D eigenvalue weighted by Gasteiger charge is 2.23. The third-order valence-electron chi connectivity index (χ3n) is 1.87. The van der Waals surface area contributed by atoms with E-state index in [0.717, 1.165) is 12.2 Å². The standard InChI is InChI=1S/C10H18O3/c1-4-11-9-7-6-8(3)13-10(9)12-5-2/h7-8,10H,4-6H2,1-3H3/t8-,10+/m0/s1. The summed E-state index contributed by atoms with van der Waals surface area (Å²) in [6.45, 7) is 7.24. The molecule has 0 amide bonds. The Kier molecular flexibility index (Phi) is 4.25. The number of rotatable bonds is 4. The maximum atomic E-state index is 5.58. The zero-order valence-corrected chi connectivity index (χ0v) is 8.58. The van der Waals surface area contributed by atoms with E-state index in [4.69, 9.17) is 14.2 Å². The molecule has 0 aromatic rings. The van der Waals surface area contributed by atoms with Crippen LogP contribution in [0.5, 0.6) is 0 Å². The van der Waals surface area contributed by atoms with Crippen molar-refractivity contribution in [3.05, 3.63) is 11.8 Å². The predicted molar refractivity (Wildman–Crippen MR) is 50.3 cm³/mol. The Balaban J connectivity index is 2.54. The van der Waals surface area contributed by atoms with E-state index in [2.05, 4.69) is 6.08 Å². The van der Waals surface area contributed by atoms with Gasteiger partial charge in [-0.25, -0.2) is 0 Å². The maximum Gasteiger partial charge on any atom is 0.216 e. The summed E-state index contributed by atoms with van der Waals surface area (Å²) < 4.78 is 16.4. The van der Waals surface area contributed by atoms with Crippen LogP contribution in [0, 0.1) is 0 Å². The molecule has 0 fully saturated rings. The minimum Gasteiger partial charge on any atom is -0.493 e. The lowest BCUT2D eigenvalue weighted by Gasteiger charge is -2.27. The van der Waals surface area contributed by atoms with E-state index in [-0.39, 0.29) is 12.4 Å². The molecule has 1 aliphatic heterocycles. The van der Waals surface area contributed by atoms with Gasteiger partial charge in [0.15, 0.2) is 0 Å². The SMILES string of the molecule is CCOC1=CC[C@H](C)O[C@H]1OCC. The highest BCUT2D eigenvalue weighted by molar-refractivity contribution is 5.01. The molecule has 0 N–H and O–H groups in total. The fraction of sp³-hybridized carbons (Fsp3) is 0.800. The average molecular weight is 186 g/mol. The van der Waals surface area contributed by atoms with Crippen molar-refractivity contribution in [2.45, 2.75) is 39.6 Å². The van der Waals surface area contributed by atoms with Crippen molar-refractivity contribution in [2.75, 3.05) is 13.2 Å². The van der Waals surface area contributed by atoms with Crippen LogP contribution in [-0.4, -0.2) is 25.6 Å². The van der Waals surface area contributed by atoms with Crippen molar-refractivity contribution in [1.82, 2.24) is 0 Å². The van der Waals surface area contributed by atoms with E-state index >= 15 is 0 Å². The molecule has 0 bridgehead atoms. The normalized spacial score (nSPS) is 28.4. The van der Waals surface area contributed by atoms with Gasteiger partial charge in [0.1, 0.15) is 5.76 Å². The molecule has 0 spiro atoms. The first-order valence-corrected chi connectivity index (χ1v) is 4.87. The van der Waals surface area contributed by atoms with E-state index in [1.54, 1.807) is 0 Å². The molecule has 0 aliphatic carbocycles. The molecule has 0 aromatic carbocycles. The van der Waals surface area contributed by atoms with Crippen LogP contribution in [0.3, 0.4) is 0 Å². The Morgan fingerprint density at radius 2 is 2.23 bits per heavy atom. The molecule has 2 atom stereocenters. The molecule has 1 rings (SSSR count). The topological polar surface area (TPSA) is 27.7 Å². The van der Waals surface area contributed by atoms with Crippen molar-refractivity contribution < 1.29 is 14.2 Å². The Hall–Kier alpha value is -0.540. The molecule has 0 saturated heterocycles. The molecule has 3 nitrogen and oxygen atoms in total. The van der Waals surface area contributed by atoms with Gasteiger partial charge in [-0.05, 0) is 33.3 Å². The van der Waals surface area contributed by atoms with Crippen LogP contribution in [0.2, 0.25) is 0 Å². The minimum absolute atomic E-state index is 0.223. The Bertz CT molecular complexity index is 177. The summed E-state index contributed by atoms with van der Waals surface area (Å²) in [6, 6.07) is 0. The van der Waals surface area contributed by atoms with E-state index in [1.807, 2.05) is 20.8 Å². The van der Waals surface area contributed by atoms with Crippen LogP contribution in [0.4, 0.5) is 0 Å². The second kappa shape index (κ2) is 5.25. The molecule has 0 aromatic heterocycles. The molecular formula is C10H18O3. The van der Waals surface area contributed by atoms with Gasteiger partial charge in [-0.15, -0.1) is 0 Å². The monoisotopic (exact) mass is 186 g/mol. The van der Waals surface area contributed by atoms with Gasteiger partial charge in [-0.2, -0.15) is 0 Å². The molecule has 1 aliphatic rings. The van der Waals surface area contributed by atoms with Gasteiger partial charge in [0.25, 0.3) is 0 Å². The Morgan fingerprint density at radius 3 is 2.85 bits per heavy atom. The lowest BCUT2D eigenvalue weighted by Crippen LogP contribution is -2.29. The second-order valence-corrected chi connectivity index (χ2v) is 3.01. The van der Waals surface area contributed by atoms with Crippen LogP contribution in [0.1, 0.15) is 27.2 Å². The van der Waals surface area contributed by atoms with Crippen LogP contribution in [0.25, 0.3) is 0 Å². The maximum absolute atomic E-state index is 5.58. The quantitative estimate of drug-likeness (QED) is 0.672. The number of hydrogen-bond acceptors (Lipinski definition) is 3. The van der Waals surface area contributed by atoms with Crippen LogP contribution >= 0.6 is 0 Å². The molecule has 3 heteroatoms. The van der Waals surface area contributed by atoms with Crippen molar-refractivity contribution >= 4 is 0 Å². The zero-order chi connectivity index (χ0) is 9.68. The average Bonchev–Trinajstić information content (AvgIpc) is 2.10. The van der Waals surface area contributed by atoms with Gasteiger partial charge >= 0.3 is 0 Å². The summed E-state index contributed by atoms with van der Waals surface area (Å²) in [5.41, 5.74) is 0. The summed E-state index contributed by atoms with van der Waals surface area (Å²) in [6.07, 6.45) is 2.88. The highest BCUT2D eigenvalue weighted by Crippen LogP contribution is 2.20. The Morgan fingerprint density at radius 1 is 1.46 bits per heavy atom. The largest absolute Gasteiger partial charge is 0.493 e. The highest BCUT2D eigenvalue weighted by atomic mass is 16.7. The van der Waals surface area contributed by atoms with Crippen molar-refractivity contribution in [1.29, 1.82) is 0 Å². The molecule has 0 saturated carbocycles. The smallest absolute Gasteiger partial charge is 0.216 e. The fourth-order valence-corrected chi connectivity index (χ4v) is 1.28. The van der Waals surface area contributed by atoms with E-state index in [0.29, 0.717) is 13.2 Å². The third kappa shape index (κ3) is 3.01. The fourth-order valence-electron chi connectivity index (χ4n) is 1.28. The molecule has 13 heavy (non-hydrogen) atoms. The first kappa shape index (κ1) is 10.5. The van der Waals surface area contributed by atoms with Crippen molar-refractivity contribution in [2.24, 2.45) is 0 Å². The third-order valence-corrected chi connectivity index (χ3v) is 1.87. The summed E-state index contributed by atoms with van der Waals surface area (Å²) in [7, 11) is 0. The number of ether oxygens (including phenoxy) is 3. The van der Waals surface area contributed by atoms with Crippen molar-refractivity contribution in [3.63, 3.8) is 0 Å². The summed E-state index contributed by atoms with van der Waals surface area (Å²) >= 11 is 0. The Labute approximate surface area is 79.7 Å². The summed E-state index contributed by atoms with van der Waals surface area (Å²) in [4.78, 5) is 0. The van der Waals surface area contributed by atoms with E-state index in [1.165, 1.54) is 0 Å². The van der Waals surface area contributed by atoms with Gasteiger partial charge in [-0.1, -0.05) is 0 Å². The molecule has 1 heterocycles. The second-order valence-electron chi connectivity index (χ2n) is 3.01. The molecule has 0 unspecified atom stereocenters. The zero-order valence-electron chi connectivity index (χ0n) is 8.58. The van der Waals surface area contributed by atoms with Gasteiger partial charge in [0, 0.05) is 6.61 Å². The summed E-state index contributed by atoms with van der Waals surface area (Å²) in [5, 5.41) is 0. The van der Waals surface area contributed by atoms with Gasteiger partial charge in [0.2, 0.25) is 6.29 Å². The lowest BCUT2D eigenvalue weighted by molar-refractivity contribution is -0.169. The minimum atomic E-state index is -0.298. The van der Waals surface area contributed by atoms with E-state index in [9.17, 15) is 0 Å². The lowest BCUT2D eigenvalue weighted by atomic mass is 10.2. The predicted octanol–water partition coefficient (Wildman–Crippen LogP) is 2.08. The molecule has 0 radical (unpaired) electrons. The summed E-state index contributed by atoms with van der Waals surface area (Å²) in [5.74, 6) is 0.822. The van der Waals surface area contributed by atoms with Gasteiger partial charge in [-0.3, -0.25) is 0 Å². The van der Waals surface area contributed by atoms with Crippen LogP contribution < -0.4 is 0 Å². The van der Waals surface area contributed by atoms with Gasteiger partial charge < -0.3 is 14.2 Å².